The van der Waals surface area contributed by atoms with Crippen molar-refractivity contribution >= 4 is 11.7 Å². The Morgan fingerprint density at radius 1 is 1.27 bits per heavy atom. The summed E-state index contributed by atoms with van der Waals surface area (Å²) >= 11 is 0. The molecular weight excluding hydrogens is 337 g/mol. The summed E-state index contributed by atoms with van der Waals surface area (Å²) in [5.74, 6) is 0.328. The van der Waals surface area contributed by atoms with Crippen molar-refractivity contribution in [2.75, 3.05) is 11.4 Å². The number of primary amides is 1. The van der Waals surface area contributed by atoms with E-state index < -0.39 is 5.82 Å². The molecule has 1 atom stereocenters. The van der Waals surface area contributed by atoms with Gasteiger partial charge in [-0.1, -0.05) is 17.3 Å². The predicted octanol–water partition coefficient (Wildman–Crippen LogP) is 2.39. The Kier molecular flexibility index (Phi) is 4.08. The van der Waals surface area contributed by atoms with E-state index in [1.165, 1.54) is 6.07 Å². The van der Waals surface area contributed by atoms with Crippen molar-refractivity contribution in [3.63, 3.8) is 0 Å². The fraction of sp³-hybridized carbons (Fsp3) is 0.222. The molecule has 0 aliphatic carbocycles. The molecule has 132 valence electrons. The molecule has 4 rings (SSSR count). The maximum Gasteiger partial charge on any atom is 0.259 e. The molecule has 3 aromatic rings. The van der Waals surface area contributed by atoms with Crippen LogP contribution in [0.1, 0.15) is 12.8 Å². The summed E-state index contributed by atoms with van der Waals surface area (Å²) in [5.41, 5.74) is 6.33. The molecule has 3 heterocycles. The van der Waals surface area contributed by atoms with Crippen LogP contribution in [0.15, 0.2) is 47.1 Å². The lowest BCUT2D eigenvalue weighted by atomic mass is 10.2. The van der Waals surface area contributed by atoms with Crippen LogP contribution in [-0.4, -0.2) is 33.6 Å². The zero-order chi connectivity index (χ0) is 18.1. The molecule has 0 spiro atoms. The van der Waals surface area contributed by atoms with Gasteiger partial charge in [-0.3, -0.25) is 4.79 Å². The highest BCUT2D eigenvalue weighted by molar-refractivity contribution is 5.84. The first-order valence-corrected chi connectivity index (χ1v) is 8.24. The Balaban J connectivity index is 1.58. The lowest BCUT2D eigenvalue weighted by molar-refractivity contribution is -0.119. The van der Waals surface area contributed by atoms with Crippen LogP contribution < -0.4 is 10.6 Å². The fourth-order valence-electron chi connectivity index (χ4n) is 3.11. The molecule has 0 saturated carbocycles. The number of amides is 1. The van der Waals surface area contributed by atoms with Crippen LogP contribution in [-0.2, 0) is 4.79 Å². The molecule has 1 aromatic carbocycles. The van der Waals surface area contributed by atoms with Crippen molar-refractivity contribution in [1.29, 1.82) is 0 Å². The minimum absolute atomic E-state index is 0.176. The van der Waals surface area contributed by atoms with Crippen molar-refractivity contribution in [3.05, 3.63) is 48.4 Å². The number of nitrogens with two attached hydrogens (primary N) is 1. The third kappa shape index (κ3) is 2.90. The normalized spacial score (nSPS) is 16.8. The molecule has 1 aliphatic rings. The first-order valence-electron chi connectivity index (χ1n) is 8.24. The monoisotopic (exact) mass is 353 g/mol. The summed E-state index contributed by atoms with van der Waals surface area (Å²) in [6, 6.07) is 9.46. The lowest BCUT2D eigenvalue weighted by Gasteiger charge is -2.23. The van der Waals surface area contributed by atoms with Crippen molar-refractivity contribution in [3.8, 4) is 22.8 Å². The summed E-state index contributed by atoms with van der Waals surface area (Å²) in [6.07, 6.45) is 3.21. The molecule has 1 aliphatic heterocycles. The second-order valence-electron chi connectivity index (χ2n) is 6.06. The first kappa shape index (κ1) is 16.2. The van der Waals surface area contributed by atoms with Gasteiger partial charge < -0.3 is 15.2 Å². The molecule has 1 fully saturated rings. The summed E-state index contributed by atoms with van der Waals surface area (Å²) in [5, 5.41) is 3.83. The van der Waals surface area contributed by atoms with Gasteiger partial charge in [-0.2, -0.15) is 4.98 Å². The van der Waals surface area contributed by atoms with Crippen LogP contribution in [0.2, 0.25) is 0 Å². The van der Waals surface area contributed by atoms with Gasteiger partial charge in [0.15, 0.2) is 0 Å². The zero-order valence-electron chi connectivity index (χ0n) is 13.8. The standard InChI is InChI=1S/C18H16FN5O2/c19-13-5-2-1-4-12(13)17-22-18(26-23-17)11-7-8-15(21-10-11)24-9-3-6-14(24)16(20)25/h1-2,4-5,7-8,10,14H,3,6,9H2,(H2,20,25)/t14-/m0/s1. The molecule has 26 heavy (non-hydrogen) atoms. The Morgan fingerprint density at radius 3 is 2.85 bits per heavy atom. The van der Waals surface area contributed by atoms with E-state index >= 15 is 0 Å². The summed E-state index contributed by atoms with van der Waals surface area (Å²) in [4.78, 5) is 22.0. The fourth-order valence-corrected chi connectivity index (χ4v) is 3.11. The number of aromatic nitrogens is 3. The van der Waals surface area contributed by atoms with Crippen molar-refractivity contribution in [2.24, 2.45) is 5.73 Å². The van der Waals surface area contributed by atoms with Crippen LogP contribution in [0.25, 0.3) is 22.8 Å². The number of benzene rings is 1. The number of nitrogens with zero attached hydrogens (tertiary/aromatic N) is 4. The second kappa shape index (κ2) is 6.55. The number of anilines is 1. The molecule has 2 aromatic heterocycles. The topological polar surface area (TPSA) is 98.1 Å². The van der Waals surface area contributed by atoms with E-state index in [0.717, 1.165) is 19.4 Å². The number of rotatable bonds is 4. The molecular formula is C18H16FN5O2. The smallest absolute Gasteiger partial charge is 0.259 e. The van der Waals surface area contributed by atoms with Crippen LogP contribution in [0.3, 0.4) is 0 Å². The molecule has 7 nitrogen and oxygen atoms in total. The Bertz CT molecular complexity index is 941. The Labute approximate surface area is 148 Å². The van der Waals surface area contributed by atoms with Gasteiger partial charge in [0.2, 0.25) is 11.7 Å². The maximum absolute atomic E-state index is 13.8. The third-order valence-electron chi connectivity index (χ3n) is 4.41. The average molecular weight is 353 g/mol. The van der Waals surface area contributed by atoms with Crippen LogP contribution >= 0.6 is 0 Å². The van der Waals surface area contributed by atoms with E-state index in [9.17, 15) is 9.18 Å². The van der Waals surface area contributed by atoms with E-state index in [4.69, 9.17) is 10.3 Å². The number of halogens is 1. The van der Waals surface area contributed by atoms with Crippen molar-refractivity contribution in [2.45, 2.75) is 18.9 Å². The van der Waals surface area contributed by atoms with E-state index in [0.29, 0.717) is 11.4 Å². The average Bonchev–Trinajstić information content (AvgIpc) is 3.32. The minimum atomic E-state index is -0.417. The number of carbonyl (C=O) groups excluding carboxylic acids is 1. The summed E-state index contributed by atoms with van der Waals surface area (Å²) in [7, 11) is 0. The van der Waals surface area contributed by atoms with Gasteiger partial charge in [0, 0.05) is 12.7 Å². The Morgan fingerprint density at radius 2 is 2.12 bits per heavy atom. The minimum Gasteiger partial charge on any atom is -0.368 e. The van der Waals surface area contributed by atoms with Gasteiger partial charge in [0.25, 0.3) is 5.89 Å². The van der Waals surface area contributed by atoms with Crippen LogP contribution in [0, 0.1) is 5.82 Å². The van der Waals surface area contributed by atoms with Gasteiger partial charge in [-0.25, -0.2) is 9.37 Å². The highest BCUT2D eigenvalue weighted by Gasteiger charge is 2.29. The van der Waals surface area contributed by atoms with Crippen molar-refractivity contribution in [1.82, 2.24) is 15.1 Å². The Hall–Kier alpha value is -3.29. The highest BCUT2D eigenvalue weighted by Crippen LogP contribution is 2.27. The van der Waals surface area contributed by atoms with E-state index in [2.05, 4.69) is 15.1 Å². The maximum atomic E-state index is 13.8. The van der Waals surface area contributed by atoms with Crippen LogP contribution in [0.5, 0.6) is 0 Å². The summed E-state index contributed by atoms with van der Waals surface area (Å²) in [6.45, 7) is 0.734. The van der Waals surface area contributed by atoms with Gasteiger partial charge in [0.05, 0.1) is 11.1 Å². The molecule has 1 amide bonds. The highest BCUT2D eigenvalue weighted by atomic mass is 19.1. The summed E-state index contributed by atoms with van der Waals surface area (Å²) < 4.78 is 19.1. The number of hydrogen-bond donors (Lipinski definition) is 1. The van der Waals surface area contributed by atoms with Crippen LogP contribution in [0.4, 0.5) is 10.2 Å². The molecule has 2 N–H and O–H groups in total. The van der Waals surface area contributed by atoms with Gasteiger partial charge in [-0.15, -0.1) is 0 Å². The zero-order valence-corrected chi connectivity index (χ0v) is 13.8. The number of carbonyl (C=O) groups is 1. The SMILES string of the molecule is NC(=O)[C@@H]1CCCN1c1ccc(-c2nc(-c3ccccc3F)no2)cn1. The van der Waals surface area contributed by atoms with Gasteiger partial charge in [-0.05, 0) is 37.1 Å². The molecule has 0 radical (unpaired) electrons. The van der Waals surface area contributed by atoms with Gasteiger partial charge >= 0.3 is 0 Å². The third-order valence-corrected chi connectivity index (χ3v) is 4.41. The molecule has 0 unspecified atom stereocenters. The van der Waals surface area contributed by atoms with Gasteiger partial charge in [0.1, 0.15) is 17.7 Å². The quantitative estimate of drug-likeness (QED) is 0.773. The molecule has 0 bridgehead atoms. The largest absolute Gasteiger partial charge is 0.368 e. The number of pyridine rings is 1. The number of hydrogen-bond acceptors (Lipinski definition) is 6. The lowest BCUT2D eigenvalue weighted by Crippen LogP contribution is -2.40. The van der Waals surface area contributed by atoms with Crippen molar-refractivity contribution < 1.29 is 13.7 Å². The second-order valence-corrected chi connectivity index (χ2v) is 6.06. The van der Waals surface area contributed by atoms with E-state index in [-0.39, 0.29) is 29.2 Å². The predicted molar refractivity (Wildman–Crippen MR) is 92.5 cm³/mol. The van der Waals surface area contributed by atoms with E-state index in [1.54, 1.807) is 36.5 Å². The first-order chi connectivity index (χ1) is 12.6. The molecule has 1 saturated heterocycles. The molecule has 8 heteroatoms. The van der Waals surface area contributed by atoms with E-state index in [1.807, 2.05) is 4.90 Å².